The molecule has 0 aliphatic rings. The number of anilines is 1. The molecule has 0 amide bonds. The van der Waals surface area contributed by atoms with Gasteiger partial charge in [0.15, 0.2) is 0 Å². The largest absolute Gasteiger partial charge is 0.383 e. The number of hydrogen-bond acceptors (Lipinski definition) is 7. The van der Waals surface area contributed by atoms with Gasteiger partial charge in [-0.3, -0.25) is 10.1 Å². The second kappa shape index (κ2) is 5.65. The fraction of sp³-hybridized carbons (Fsp3) is 0.300. The van der Waals surface area contributed by atoms with Crippen molar-refractivity contribution in [1.29, 1.82) is 0 Å². The molecule has 0 aliphatic carbocycles. The topological polar surface area (TPSA) is 98.8 Å². The molecule has 2 aromatic rings. The molecule has 1 aromatic carbocycles. The van der Waals surface area contributed by atoms with Crippen LogP contribution in [0.25, 0.3) is 0 Å². The molecule has 0 atom stereocenters. The molecule has 0 saturated heterocycles. The van der Waals surface area contributed by atoms with Crippen LogP contribution in [0, 0.1) is 10.1 Å². The summed E-state index contributed by atoms with van der Waals surface area (Å²) in [5.41, 5.74) is 1.41. The second-order valence-electron chi connectivity index (χ2n) is 3.73. The Morgan fingerprint density at radius 2 is 2.32 bits per heavy atom. The number of thioether (sulfide) groups is 1. The van der Waals surface area contributed by atoms with E-state index in [-0.39, 0.29) is 5.69 Å². The highest BCUT2D eigenvalue weighted by Gasteiger charge is 2.14. The highest BCUT2D eigenvalue weighted by molar-refractivity contribution is 7.98. The highest BCUT2D eigenvalue weighted by Crippen LogP contribution is 2.28. The van der Waals surface area contributed by atoms with Gasteiger partial charge in [-0.1, -0.05) is 17.8 Å². The van der Waals surface area contributed by atoms with E-state index >= 15 is 0 Å². The zero-order valence-corrected chi connectivity index (χ0v) is 11.2. The molecule has 2 rings (SSSR count). The predicted octanol–water partition coefficient (Wildman–Crippen LogP) is 1.45. The SMILES string of the molecule is CNc1ccc(CSc2nnnn2C)cc1[N+](=O)[O-]. The van der Waals surface area contributed by atoms with Gasteiger partial charge >= 0.3 is 0 Å². The molecular weight excluding hydrogens is 268 g/mol. The van der Waals surface area contributed by atoms with Gasteiger partial charge in [-0.05, 0) is 22.1 Å². The van der Waals surface area contributed by atoms with Gasteiger partial charge in [0.25, 0.3) is 5.69 Å². The molecule has 19 heavy (non-hydrogen) atoms. The van der Waals surface area contributed by atoms with E-state index in [1.165, 1.54) is 11.8 Å². The van der Waals surface area contributed by atoms with Gasteiger partial charge in [0, 0.05) is 25.9 Å². The van der Waals surface area contributed by atoms with Crippen molar-refractivity contribution in [2.45, 2.75) is 10.9 Å². The second-order valence-corrected chi connectivity index (χ2v) is 4.67. The third-order valence-corrected chi connectivity index (χ3v) is 3.56. The van der Waals surface area contributed by atoms with E-state index in [2.05, 4.69) is 20.8 Å². The molecule has 9 heteroatoms. The molecule has 0 unspecified atom stereocenters. The van der Waals surface area contributed by atoms with Gasteiger partial charge in [-0.25, -0.2) is 4.68 Å². The van der Waals surface area contributed by atoms with Crippen LogP contribution in [0.2, 0.25) is 0 Å². The summed E-state index contributed by atoms with van der Waals surface area (Å²) in [6, 6.07) is 5.10. The summed E-state index contributed by atoms with van der Waals surface area (Å²) in [5.74, 6) is 0.568. The molecule has 0 aliphatic heterocycles. The molecule has 0 spiro atoms. The molecule has 0 fully saturated rings. The van der Waals surface area contributed by atoms with Gasteiger partial charge in [0.1, 0.15) is 5.69 Å². The highest BCUT2D eigenvalue weighted by atomic mass is 32.2. The first-order chi connectivity index (χ1) is 9.11. The maximum atomic E-state index is 10.9. The number of hydrogen-bond donors (Lipinski definition) is 1. The number of nitrogens with zero attached hydrogens (tertiary/aromatic N) is 5. The Bertz CT molecular complexity index is 599. The first-order valence-electron chi connectivity index (χ1n) is 5.42. The number of rotatable bonds is 5. The first kappa shape index (κ1) is 13.3. The van der Waals surface area contributed by atoms with E-state index in [0.29, 0.717) is 16.6 Å². The van der Waals surface area contributed by atoms with Gasteiger partial charge in [0.05, 0.1) is 4.92 Å². The van der Waals surface area contributed by atoms with Crippen LogP contribution in [0.3, 0.4) is 0 Å². The fourth-order valence-electron chi connectivity index (χ4n) is 1.52. The molecule has 8 nitrogen and oxygen atoms in total. The predicted molar refractivity (Wildman–Crippen MR) is 71.0 cm³/mol. The molecule has 100 valence electrons. The Labute approximate surface area is 113 Å². The molecule has 0 bridgehead atoms. The number of tetrazole rings is 1. The van der Waals surface area contributed by atoms with E-state index in [9.17, 15) is 10.1 Å². The van der Waals surface area contributed by atoms with Crippen molar-refractivity contribution in [2.75, 3.05) is 12.4 Å². The summed E-state index contributed by atoms with van der Waals surface area (Å²) >= 11 is 1.42. The molecule has 1 N–H and O–H groups in total. The summed E-state index contributed by atoms with van der Waals surface area (Å²) in [5, 5.41) is 25.5. The lowest BCUT2D eigenvalue weighted by atomic mass is 10.2. The lowest BCUT2D eigenvalue weighted by Gasteiger charge is -2.05. The molecule has 0 saturated carbocycles. The van der Waals surface area contributed by atoms with E-state index in [1.54, 1.807) is 30.9 Å². The Hall–Kier alpha value is -2.16. The van der Waals surface area contributed by atoms with Crippen LogP contribution >= 0.6 is 11.8 Å². The summed E-state index contributed by atoms with van der Waals surface area (Å²) < 4.78 is 1.56. The van der Waals surface area contributed by atoms with Crippen molar-refractivity contribution in [1.82, 2.24) is 20.2 Å². The molecule has 1 heterocycles. The maximum absolute atomic E-state index is 10.9. The van der Waals surface area contributed by atoms with E-state index in [1.807, 2.05) is 6.07 Å². The van der Waals surface area contributed by atoms with E-state index < -0.39 is 4.92 Å². The normalized spacial score (nSPS) is 10.4. The van der Waals surface area contributed by atoms with Crippen molar-refractivity contribution < 1.29 is 4.92 Å². The first-order valence-corrected chi connectivity index (χ1v) is 6.40. The van der Waals surface area contributed by atoms with Crippen LogP contribution in [0.15, 0.2) is 23.4 Å². The van der Waals surface area contributed by atoms with Crippen LogP contribution in [0.5, 0.6) is 0 Å². The summed E-state index contributed by atoms with van der Waals surface area (Å²) in [6.07, 6.45) is 0. The minimum atomic E-state index is -0.399. The molecule has 0 radical (unpaired) electrons. The third kappa shape index (κ3) is 2.99. The number of nitro groups is 1. The van der Waals surface area contributed by atoms with Crippen molar-refractivity contribution in [2.24, 2.45) is 7.05 Å². The molecular formula is C10H12N6O2S. The van der Waals surface area contributed by atoms with E-state index in [4.69, 9.17) is 0 Å². The van der Waals surface area contributed by atoms with Crippen molar-refractivity contribution in [3.05, 3.63) is 33.9 Å². The van der Waals surface area contributed by atoms with Crippen molar-refractivity contribution >= 4 is 23.1 Å². The maximum Gasteiger partial charge on any atom is 0.292 e. The zero-order chi connectivity index (χ0) is 13.8. The van der Waals surface area contributed by atoms with Crippen LogP contribution in [0.4, 0.5) is 11.4 Å². The number of nitro benzene ring substituents is 1. The quantitative estimate of drug-likeness (QED) is 0.502. The smallest absolute Gasteiger partial charge is 0.292 e. The van der Waals surface area contributed by atoms with Crippen LogP contribution in [-0.2, 0) is 12.8 Å². The number of aromatic nitrogens is 4. The molecule has 1 aromatic heterocycles. The van der Waals surface area contributed by atoms with Gasteiger partial charge < -0.3 is 5.32 Å². The number of aryl methyl sites for hydroxylation is 1. The zero-order valence-electron chi connectivity index (χ0n) is 10.4. The summed E-state index contributed by atoms with van der Waals surface area (Å²) in [4.78, 5) is 10.5. The van der Waals surface area contributed by atoms with Crippen molar-refractivity contribution in [3.8, 4) is 0 Å². The summed E-state index contributed by atoms with van der Waals surface area (Å²) in [6.45, 7) is 0. The lowest BCUT2D eigenvalue weighted by Crippen LogP contribution is -1.98. The van der Waals surface area contributed by atoms with Gasteiger partial charge in [-0.2, -0.15) is 0 Å². The minimum absolute atomic E-state index is 0.0664. The Morgan fingerprint density at radius 3 is 2.89 bits per heavy atom. The van der Waals surface area contributed by atoms with E-state index in [0.717, 1.165) is 5.56 Å². The number of benzene rings is 1. The van der Waals surface area contributed by atoms with Crippen LogP contribution in [0.1, 0.15) is 5.56 Å². The Kier molecular flexibility index (Phi) is 3.95. The Morgan fingerprint density at radius 1 is 1.53 bits per heavy atom. The third-order valence-electron chi connectivity index (χ3n) is 2.48. The average Bonchev–Trinajstić information content (AvgIpc) is 2.81. The van der Waals surface area contributed by atoms with Gasteiger partial charge in [0.2, 0.25) is 5.16 Å². The van der Waals surface area contributed by atoms with Crippen molar-refractivity contribution in [3.63, 3.8) is 0 Å². The van der Waals surface area contributed by atoms with Crippen LogP contribution < -0.4 is 5.32 Å². The van der Waals surface area contributed by atoms with Gasteiger partial charge in [-0.15, -0.1) is 5.10 Å². The minimum Gasteiger partial charge on any atom is -0.383 e. The van der Waals surface area contributed by atoms with Crippen LogP contribution in [-0.4, -0.2) is 32.2 Å². The monoisotopic (exact) mass is 280 g/mol. The number of nitrogens with one attached hydrogen (secondary N) is 1. The fourth-order valence-corrected chi connectivity index (χ4v) is 2.31. The summed E-state index contributed by atoms with van der Waals surface area (Å²) in [7, 11) is 3.40. The lowest BCUT2D eigenvalue weighted by molar-refractivity contribution is -0.384. The average molecular weight is 280 g/mol. The Balaban J connectivity index is 2.15. The standard InChI is InChI=1S/C10H12N6O2S/c1-11-8-4-3-7(5-9(8)16(17)18)6-19-10-12-13-14-15(10)2/h3-5,11H,6H2,1-2H3.